The third-order valence-electron chi connectivity index (χ3n) is 2.94. The molecular formula is C13H15FN2O. The third kappa shape index (κ3) is 2.46. The number of hydrogen-bond acceptors (Lipinski definition) is 2. The second-order valence-electron chi connectivity index (χ2n) is 4.29. The first kappa shape index (κ1) is 11.6. The van der Waals surface area contributed by atoms with Crippen molar-refractivity contribution in [2.24, 2.45) is 0 Å². The van der Waals surface area contributed by atoms with Crippen LogP contribution in [-0.2, 0) is 0 Å². The molecule has 4 heteroatoms. The fraction of sp³-hybridized carbons (Fsp3) is 0.308. The molecule has 1 aliphatic heterocycles. The predicted molar refractivity (Wildman–Crippen MR) is 65.1 cm³/mol. The third-order valence-corrected chi connectivity index (χ3v) is 2.94. The van der Waals surface area contributed by atoms with Crippen molar-refractivity contribution >= 4 is 11.6 Å². The van der Waals surface area contributed by atoms with Gasteiger partial charge in [-0.25, -0.2) is 4.39 Å². The molecule has 0 spiro atoms. The molecule has 1 heterocycles. The van der Waals surface area contributed by atoms with E-state index in [2.05, 4.69) is 0 Å². The average molecular weight is 234 g/mol. The average Bonchev–Trinajstić information content (AvgIpc) is 2.32. The van der Waals surface area contributed by atoms with E-state index in [-0.39, 0.29) is 11.5 Å². The molecule has 0 atom stereocenters. The van der Waals surface area contributed by atoms with E-state index >= 15 is 0 Å². The summed E-state index contributed by atoms with van der Waals surface area (Å²) < 4.78 is 13.5. The second-order valence-corrected chi connectivity index (χ2v) is 4.29. The zero-order valence-electron chi connectivity index (χ0n) is 9.74. The van der Waals surface area contributed by atoms with Crippen LogP contribution in [0, 0.1) is 5.82 Å². The van der Waals surface area contributed by atoms with Gasteiger partial charge in [0, 0.05) is 18.8 Å². The molecule has 2 rings (SSSR count). The first-order chi connectivity index (χ1) is 8.08. The highest BCUT2D eigenvalue weighted by molar-refractivity contribution is 5.95. The van der Waals surface area contributed by atoms with Crippen LogP contribution >= 0.6 is 0 Å². The normalized spacial score (nSPS) is 15.6. The number of nitrogens with two attached hydrogens (primary N) is 1. The van der Waals surface area contributed by atoms with E-state index in [1.165, 1.54) is 23.8 Å². The number of carbonyl (C=O) groups is 1. The molecule has 1 amide bonds. The van der Waals surface area contributed by atoms with E-state index in [9.17, 15) is 9.18 Å². The molecule has 90 valence electrons. The van der Waals surface area contributed by atoms with Crippen molar-refractivity contribution in [1.82, 2.24) is 4.90 Å². The van der Waals surface area contributed by atoms with E-state index in [4.69, 9.17) is 5.73 Å². The van der Waals surface area contributed by atoms with E-state index in [0.717, 1.165) is 6.42 Å². The van der Waals surface area contributed by atoms with Gasteiger partial charge in [-0.05, 0) is 31.5 Å². The standard InChI is InChI=1S/C13H15FN2O/c1-9-4-6-16(7-5-9)13(17)11-8-10(15)2-3-12(11)14/h2-4,8H,5-7,15H2,1H3. The van der Waals surface area contributed by atoms with Crippen LogP contribution in [0.15, 0.2) is 29.8 Å². The van der Waals surface area contributed by atoms with Gasteiger partial charge in [0.1, 0.15) is 5.82 Å². The molecule has 0 aromatic heterocycles. The number of nitrogen functional groups attached to an aromatic ring is 1. The molecule has 1 aromatic carbocycles. The first-order valence-corrected chi connectivity index (χ1v) is 5.58. The fourth-order valence-corrected chi connectivity index (χ4v) is 1.83. The minimum atomic E-state index is -0.518. The summed E-state index contributed by atoms with van der Waals surface area (Å²) in [5.41, 5.74) is 7.29. The Kier molecular flexibility index (Phi) is 3.13. The van der Waals surface area contributed by atoms with Crippen LogP contribution < -0.4 is 5.73 Å². The molecule has 0 saturated carbocycles. The highest BCUT2D eigenvalue weighted by atomic mass is 19.1. The van der Waals surface area contributed by atoms with Gasteiger partial charge in [0.2, 0.25) is 0 Å². The van der Waals surface area contributed by atoms with Crippen LogP contribution in [0.4, 0.5) is 10.1 Å². The zero-order valence-corrected chi connectivity index (χ0v) is 9.74. The Hall–Kier alpha value is -1.84. The second kappa shape index (κ2) is 4.57. The molecular weight excluding hydrogens is 219 g/mol. The number of rotatable bonds is 1. The Morgan fingerprint density at radius 3 is 2.88 bits per heavy atom. The van der Waals surface area contributed by atoms with Crippen molar-refractivity contribution in [3.8, 4) is 0 Å². The summed E-state index contributed by atoms with van der Waals surface area (Å²) in [6.45, 7) is 3.21. The Labute approximate surface area is 99.7 Å². The van der Waals surface area contributed by atoms with Crippen LogP contribution in [0.25, 0.3) is 0 Å². The Morgan fingerprint density at radius 1 is 1.47 bits per heavy atom. The quantitative estimate of drug-likeness (QED) is 0.598. The van der Waals surface area contributed by atoms with E-state index in [0.29, 0.717) is 18.8 Å². The van der Waals surface area contributed by atoms with Gasteiger partial charge in [0.15, 0.2) is 0 Å². The summed E-state index contributed by atoms with van der Waals surface area (Å²) in [6.07, 6.45) is 2.83. The number of benzene rings is 1. The van der Waals surface area contributed by atoms with Gasteiger partial charge in [-0.1, -0.05) is 11.6 Å². The minimum Gasteiger partial charge on any atom is -0.399 e. The van der Waals surface area contributed by atoms with Crippen LogP contribution in [-0.4, -0.2) is 23.9 Å². The van der Waals surface area contributed by atoms with Crippen molar-refractivity contribution in [3.63, 3.8) is 0 Å². The van der Waals surface area contributed by atoms with Crippen LogP contribution in [0.5, 0.6) is 0 Å². The number of anilines is 1. The van der Waals surface area contributed by atoms with Gasteiger partial charge in [-0.2, -0.15) is 0 Å². The van der Waals surface area contributed by atoms with E-state index in [1.807, 2.05) is 13.0 Å². The molecule has 1 aliphatic rings. The molecule has 0 radical (unpaired) electrons. The molecule has 2 N–H and O–H groups in total. The monoisotopic (exact) mass is 234 g/mol. The van der Waals surface area contributed by atoms with E-state index in [1.54, 1.807) is 4.90 Å². The molecule has 0 saturated heterocycles. The summed E-state index contributed by atoms with van der Waals surface area (Å²) in [5.74, 6) is -0.811. The minimum absolute atomic E-state index is 0.0537. The maximum Gasteiger partial charge on any atom is 0.257 e. The molecule has 3 nitrogen and oxygen atoms in total. The van der Waals surface area contributed by atoms with Crippen LogP contribution in [0.2, 0.25) is 0 Å². The summed E-state index contributed by atoms with van der Waals surface area (Å²) >= 11 is 0. The molecule has 17 heavy (non-hydrogen) atoms. The highest BCUT2D eigenvalue weighted by Crippen LogP contribution is 2.17. The van der Waals surface area contributed by atoms with Crippen LogP contribution in [0.1, 0.15) is 23.7 Å². The lowest BCUT2D eigenvalue weighted by molar-refractivity contribution is 0.0764. The SMILES string of the molecule is CC1=CCN(C(=O)c2cc(N)ccc2F)CC1. The number of carbonyl (C=O) groups excluding carboxylic acids is 1. The summed E-state index contributed by atoms with van der Waals surface area (Å²) in [5, 5.41) is 0. The number of nitrogens with zero attached hydrogens (tertiary/aromatic N) is 1. The van der Waals surface area contributed by atoms with Crippen molar-refractivity contribution in [2.75, 3.05) is 18.8 Å². The van der Waals surface area contributed by atoms with Crippen molar-refractivity contribution < 1.29 is 9.18 Å². The fourth-order valence-electron chi connectivity index (χ4n) is 1.83. The van der Waals surface area contributed by atoms with Gasteiger partial charge in [-0.3, -0.25) is 4.79 Å². The predicted octanol–water partition coefficient (Wildman–Crippen LogP) is 2.20. The van der Waals surface area contributed by atoms with Crippen molar-refractivity contribution in [3.05, 3.63) is 41.2 Å². The summed E-state index contributed by atoms with van der Waals surface area (Å²) in [6, 6.07) is 4.07. The smallest absolute Gasteiger partial charge is 0.257 e. The number of amides is 1. The number of halogens is 1. The zero-order chi connectivity index (χ0) is 12.4. The van der Waals surface area contributed by atoms with Gasteiger partial charge >= 0.3 is 0 Å². The summed E-state index contributed by atoms with van der Waals surface area (Å²) in [4.78, 5) is 13.7. The maximum atomic E-state index is 13.5. The van der Waals surface area contributed by atoms with Crippen LogP contribution in [0.3, 0.4) is 0 Å². The number of hydrogen-bond donors (Lipinski definition) is 1. The van der Waals surface area contributed by atoms with Gasteiger partial charge in [-0.15, -0.1) is 0 Å². The highest BCUT2D eigenvalue weighted by Gasteiger charge is 2.20. The molecule has 0 aliphatic carbocycles. The lowest BCUT2D eigenvalue weighted by Crippen LogP contribution is -2.35. The van der Waals surface area contributed by atoms with Crippen molar-refractivity contribution in [1.29, 1.82) is 0 Å². The first-order valence-electron chi connectivity index (χ1n) is 5.58. The molecule has 0 fully saturated rings. The van der Waals surface area contributed by atoms with Gasteiger partial charge in [0.05, 0.1) is 5.56 Å². The molecule has 1 aromatic rings. The Morgan fingerprint density at radius 2 is 2.24 bits per heavy atom. The van der Waals surface area contributed by atoms with Gasteiger partial charge < -0.3 is 10.6 Å². The Bertz CT molecular complexity index is 482. The Balaban J connectivity index is 2.23. The molecule has 0 unspecified atom stereocenters. The lowest BCUT2D eigenvalue weighted by atomic mass is 10.1. The summed E-state index contributed by atoms with van der Waals surface area (Å²) in [7, 11) is 0. The lowest BCUT2D eigenvalue weighted by Gasteiger charge is -2.25. The van der Waals surface area contributed by atoms with Gasteiger partial charge in [0.25, 0.3) is 5.91 Å². The van der Waals surface area contributed by atoms with E-state index < -0.39 is 5.82 Å². The molecule has 0 bridgehead atoms. The maximum absolute atomic E-state index is 13.5. The largest absolute Gasteiger partial charge is 0.399 e. The van der Waals surface area contributed by atoms with Crippen molar-refractivity contribution in [2.45, 2.75) is 13.3 Å². The topological polar surface area (TPSA) is 46.3 Å².